The van der Waals surface area contributed by atoms with Crippen LogP contribution in [0.2, 0.25) is 0 Å². The van der Waals surface area contributed by atoms with Crippen LogP contribution in [0.4, 0.5) is 34.1 Å². The molecule has 0 unspecified atom stereocenters. The first-order valence-electron chi connectivity index (χ1n) is 28.6. The molecule has 11 rings (SSSR count). The lowest BCUT2D eigenvalue weighted by molar-refractivity contribution is -0.0797. The Bertz CT molecular complexity index is 3500. The lowest BCUT2D eigenvalue weighted by atomic mass is 9.63. The van der Waals surface area contributed by atoms with Gasteiger partial charge >= 0.3 is 0 Å². The van der Waals surface area contributed by atoms with Crippen molar-refractivity contribution in [3.63, 3.8) is 0 Å². The SMILES string of the molecule is Cc1cc(C)c(-c2ccc(N(c3ccc(-c4c(C)cc(C)cc4C)cc3)c3ccc(C4C(O)C(c5ccc(N(c6ccc(-c7c(C)cc(C)cc7C)cc6)c6ccc(-c7c(C)cc(C)cc7C)cc6)cc5O)C4O)c(O)c3)cc2)c(C)c1. The Morgan fingerprint density at radius 1 is 0.256 bits per heavy atom. The summed E-state index contributed by atoms with van der Waals surface area (Å²) in [7, 11) is 0. The highest BCUT2D eigenvalue weighted by atomic mass is 16.3. The van der Waals surface area contributed by atoms with Gasteiger partial charge in [0.1, 0.15) is 11.5 Å². The van der Waals surface area contributed by atoms with Crippen molar-refractivity contribution in [2.45, 2.75) is 107 Å². The highest BCUT2D eigenvalue weighted by Crippen LogP contribution is 2.54. The standard InChI is InChI=1S/C76H74N2O4/c1-43-33-47(5)69(48(6)34-43)55-13-21-59(22-14-55)77(60-23-15-56(16-24-60)70-49(7)35-44(2)36-50(70)8)63-29-31-65(67(79)41-63)73-75(81)74(76(73)82)66-32-30-64(42-68(66)80)78(61-25-17-57(18-26-61)71-51(9)37-45(3)38-52(71)10)62-27-19-58(20-28-62)72-53(11)39-46(4)40-54(72)12/h13-42,73-76,79-82H,1-12H3. The normalized spacial score (nSPS) is 15.8. The molecule has 0 saturated heterocycles. The quantitative estimate of drug-likeness (QED) is 0.0975. The summed E-state index contributed by atoms with van der Waals surface area (Å²) in [4.78, 5) is 4.25. The number of benzene rings is 10. The van der Waals surface area contributed by atoms with E-state index in [1.165, 1.54) is 89.0 Å². The third kappa shape index (κ3) is 10.3. The highest BCUT2D eigenvalue weighted by molar-refractivity contribution is 5.85. The van der Waals surface area contributed by atoms with Gasteiger partial charge in [0, 0.05) is 69.2 Å². The van der Waals surface area contributed by atoms with Crippen LogP contribution in [-0.2, 0) is 0 Å². The van der Waals surface area contributed by atoms with Gasteiger partial charge in [0.15, 0.2) is 0 Å². The van der Waals surface area contributed by atoms with Crippen molar-refractivity contribution in [3.05, 3.63) is 260 Å². The van der Waals surface area contributed by atoms with Crippen LogP contribution in [0.25, 0.3) is 44.5 Å². The number of nitrogens with zero attached hydrogens (tertiary/aromatic N) is 2. The molecular formula is C76H74N2O4. The second kappa shape index (κ2) is 22.0. The van der Waals surface area contributed by atoms with Crippen molar-refractivity contribution in [2.24, 2.45) is 0 Å². The zero-order chi connectivity index (χ0) is 58.0. The number of phenolic OH excluding ortho intramolecular Hbond substituents is 2. The molecule has 0 atom stereocenters. The summed E-state index contributed by atoms with van der Waals surface area (Å²) in [6, 6.07) is 63.0. The number of phenols is 2. The Morgan fingerprint density at radius 3 is 0.646 bits per heavy atom. The van der Waals surface area contributed by atoms with Crippen LogP contribution < -0.4 is 9.80 Å². The molecule has 0 aliphatic heterocycles. The van der Waals surface area contributed by atoms with E-state index in [0.717, 1.165) is 56.4 Å². The number of aliphatic hydroxyl groups excluding tert-OH is 2. The fourth-order valence-corrected chi connectivity index (χ4v) is 13.9. The smallest absolute Gasteiger partial charge is 0.121 e. The summed E-state index contributed by atoms with van der Waals surface area (Å²) in [5.74, 6) is -1.69. The van der Waals surface area contributed by atoms with Crippen LogP contribution in [0.15, 0.2) is 182 Å². The maximum absolute atomic E-state index is 12.1. The molecule has 1 aliphatic carbocycles. The highest BCUT2D eigenvalue weighted by Gasteiger charge is 2.52. The summed E-state index contributed by atoms with van der Waals surface area (Å²) in [5.41, 5.74) is 30.1. The fourth-order valence-electron chi connectivity index (χ4n) is 13.9. The number of aryl methyl sites for hydroxylation is 12. The lowest BCUT2D eigenvalue weighted by Crippen LogP contribution is -2.51. The van der Waals surface area contributed by atoms with Gasteiger partial charge in [0.25, 0.3) is 0 Å². The van der Waals surface area contributed by atoms with Gasteiger partial charge in [-0.2, -0.15) is 0 Å². The third-order valence-corrected chi connectivity index (χ3v) is 17.1. The number of aliphatic hydroxyl groups is 2. The van der Waals surface area contributed by atoms with Crippen molar-refractivity contribution < 1.29 is 20.4 Å². The average molecular weight is 1080 g/mol. The molecule has 0 aromatic heterocycles. The summed E-state index contributed by atoms with van der Waals surface area (Å²) in [5, 5.41) is 48.1. The largest absolute Gasteiger partial charge is 0.508 e. The van der Waals surface area contributed by atoms with E-state index >= 15 is 0 Å². The molecule has 6 nitrogen and oxygen atoms in total. The minimum Gasteiger partial charge on any atom is -0.508 e. The molecule has 6 heteroatoms. The Morgan fingerprint density at radius 2 is 0.451 bits per heavy atom. The molecular weight excluding hydrogens is 1000 g/mol. The fraction of sp³-hybridized carbons (Fsp3) is 0.211. The van der Waals surface area contributed by atoms with Crippen LogP contribution in [0.5, 0.6) is 11.5 Å². The summed E-state index contributed by atoms with van der Waals surface area (Å²) in [6.45, 7) is 25.8. The maximum Gasteiger partial charge on any atom is 0.121 e. The second-order valence-electron chi connectivity index (χ2n) is 23.5. The monoisotopic (exact) mass is 1080 g/mol. The molecule has 4 N–H and O–H groups in total. The topological polar surface area (TPSA) is 87.4 Å². The molecule has 0 radical (unpaired) electrons. The molecule has 412 valence electrons. The molecule has 0 spiro atoms. The summed E-state index contributed by atoms with van der Waals surface area (Å²) in [6.07, 6.45) is -2.19. The van der Waals surface area contributed by atoms with E-state index in [1.54, 1.807) is 12.1 Å². The molecule has 10 aromatic rings. The van der Waals surface area contributed by atoms with Crippen LogP contribution in [0.1, 0.15) is 89.7 Å². The van der Waals surface area contributed by atoms with Crippen LogP contribution >= 0.6 is 0 Å². The Balaban J connectivity index is 0.901. The summed E-state index contributed by atoms with van der Waals surface area (Å²) >= 11 is 0. The van der Waals surface area contributed by atoms with E-state index in [0.29, 0.717) is 11.1 Å². The predicted molar refractivity (Wildman–Crippen MR) is 342 cm³/mol. The van der Waals surface area contributed by atoms with Crippen molar-refractivity contribution in [1.29, 1.82) is 0 Å². The van der Waals surface area contributed by atoms with E-state index in [9.17, 15) is 20.4 Å². The van der Waals surface area contributed by atoms with Gasteiger partial charge in [-0.1, -0.05) is 131 Å². The van der Waals surface area contributed by atoms with Gasteiger partial charge < -0.3 is 30.2 Å². The van der Waals surface area contributed by atoms with Gasteiger partial charge in [-0.15, -0.1) is 0 Å². The number of anilines is 6. The molecule has 1 saturated carbocycles. The Labute approximate surface area is 484 Å². The zero-order valence-electron chi connectivity index (χ0n) is 49.3. The first-order valence-corrected chi connectivity index (χ1v) is 28.6. The minimum absolute atomic E-state index is 0.0400. The molecule has 0 bridgehead atoms. The third-order valence-electron chi connectivity index (χ3n) is 17.1. The van der Waals surface area contributed by atoms with E-state index in [-0.39, 0.29) is 11.5 Å². The Kier molecular flexibility index (Phi) is 14.8. The van der Waals surface area contributed by atoms with Crippen molar-refractivity contribution >= 4 is 34.1 Å². The molecule has 10 aromatic carbocycles. The summed E-state index contributed by atoms with van der Waals surface area (Å²) < 4.78 is 0. The van der Waals surface area contributed by atoms with Crippen molar-refractivity contribution in [2.75, 3.05) is 9.80 Å². The van der Waals surface area contributed by atoms with Crippen LogP contribution in [-0.4, -0.2) is 32.6 Å². The number of rotatable bonds is 12. The Hall–Kier alpha value is -8.68. The van der Waals surface area contributed by atoms with Crippen molar-refractivity contribution in [1.82, 2.24) is 0 Å². The van der Waals surface area contributed by atoms with Gasteiger partial charge in [-0.25, -0.2) is 0 Å². The molecule has 82 heavy (non-hydrogen) atoms. The van der Waals surface area contributed by atoms with E-state index in [2.05, 4.69) is 238 Å². The number of hydrogen-bond donors (Lipinski definition) is 4. The second-order valence-corrected chi connectivity index (χ2v) is 23.5. The molecule has 0 amide bonds. The van der Waals surface area contributed by atoms with Gasteiger partial charge in [-0.3, -0.25) is 0 Å². The lowest BCUT2D eigenvalue weighted by Gasteiger charge is -2.47. The van der Waals surface area contributed by atoms with Gasteiger partial charge in [0.2, 0.25) is 0 Å². The number of hydrogen-bond acceptors (Lipinski definition) is 6. The molecule has 1 aliphatic rings. The molecule has 1 fully saturated rings. The number of aromatic hydroxyl groups is 2. The zero-order valence-corrected chi connectivity index (χ0v) is 49.3. The molecule has 0 heterocycles. The van der Waals surface area contributed by atoms with E-state index in [4.69, 9.17) is 0 Å². The minimum atomic E-state index is -1.10. The van der Waals surface area contributed by atoms with Crippen LogP contribution in [0.3, 0.4) is 0 Å². The first-order chi connectivity index (χ1) is 39.2. The average Bonchev–Trinajstić information content (AvgIpc) is 2.23. The first kappa shape index (κ1) is 55.2. The maximum atomic E-state index is 12.1. The van der Waals surface area contributed by atoms with Gasteiger partial charge in [-0.05, 0) is 233 Å². The predicted octanol–water partition coefficient (Wildman–Crippen LogP) is 19.0. The van der Waals surface area contributed by atoms with Crippen LogP contribution in [0, 0.1) is 83.1 Å². The van der Waals surface area contributed by atoms with Gasteiger partial charge in [0.05, 0.1) is 12.2 Å². The van der Waals surface area contributed by atoms with E-state index < -0.39 is 24.0 Å². The van der Waals surface area contributed by atoms with E-state index in [1.807, 2.05) is 24.3 Å². The van der Waals surface area contributed by atoms with Crippen molar-refractivity contribution in [3.8, 4) is 56.0 Å².